The van der Waals surface area contributed by atoms with Gasteiger partial charge in [-0.2, -0.15) is 4.72 Å². The van der Waals surface area contributed by atoms with E-state index in [1.165, 1.54) is 12.1 Å². The minimum Gasteiger partial charge on any atom is -0.399 e. The minimum absolute atomic E-state index is 0.164. The molecule has 102 valence electrons. The Kier molecular flexibility index (Phi) is 3.59. The first-order valence-electron chi connectivity index (χ1n) is 5.71. The van der Waals surface area contributed by atoms with E-state index in [2.05, 4.69) is 9.71 Å². The second-order valence-corrected chi connectivity index (χ2v) is 6.03. The van der Waals surface area contributed by atoms with E-state index in [-0.39, 0.29) is 4.90 Å². The number of aliphatic imine (C=N–C) groups is 1. The number of benzene rings is 1. The smallest absolute Gasteiger partial charge is 0.243 e. The van der Waals surface area contributed by atoms with E-state index < -0.39 is 16.3 Å². The maximum atomic E-state index is 12.2. The van der Waals surface area contributed by atoms with Gasteiger partial charge in [-0.25, -0.2) is 13.4 Å². The van der Waals surface area contributed by atoms with Crippen LogP contribution >= 0.6 is 0 Å². The van der Waals surface area contributed by atoms with E-state index in [1.807, 2.05) is 13.0 Å². The highest BCUT2D eigenvalue weighted by atomic mass is 32.2. The highest BCUT2D eigenvalue weighted by Crippen LogP contribution is 2.14. The summed E-state index contributed by atoms with van der Waals surface area (Å²) in [6.45, 7) is 1.81. The average Bonchev–Trinajstić information content (AvgIpc) is 2.34. The molecule has 19 heavy (non-hydrogen) atoms. The molecule has 0 saturated heterocycles. The van der Waals surface area contributed by atoms with Crippen molar-refractivity contribution in [1.29, 1.82) is 0 Å². The largest absolute Gasteiger partial charge is 0.399 e. The fraction of sp³-hybridized carbons (Fsp3) is 0.250. The quantitative estimate of drug-likeness (QED) is 0.800. The monoisotopic (exact) mass is 280 g/mol. The molecule has 1 aliphatic heterocycles. The van der Waals surface area contributed by atoms with Gasteiger partial charge in [0.05, 0.1) is 4.90 Å². The molecule has 6 nitrogen and oxygen atoms in total. The lowest BCUT2D eigenvalue weighted by Crippen LogP contribution is -2.44. The fourth-order valence-corrected chi connectivity index (χ4v) is 2.72. The van der Waals surface area contributed by atoms with E-state index in [0.717, 1.165) is 5.71 Å². The molecular weight excluding hydrogens is 264 g/mol. The summed E-state index contributed by atoms with van der Waals surface area (Å²) in [5.41, 5.74) is 6.83. The van der Waals surface area contributed by atoms with E-state index >= 15 is 0 Å². The zero-order chi connectivity index (χ0) is 14.0. The predicted octanol–water partition coefficient (Wildman–Crippen LogP) is 0.751. The maximum absolute atomic E-state index is 12.2. The summed E-state index contributed by atoms with van der Waals surface area (Å²) in [5, 5.41) is 0. The average molecular weight is 280 g/mol. The van der Waals surface area contributed by atoms with Crippen molar-refractivity contribution in [2.45, 2.75) is 18.1 Å². The van der Waals surface area contributed by atoms with Crippen molar-refractivity contribution >= 4 is 21.4 Å². The standard InChI is InChI=1S/C12H16N4O2S/c1-9-7-8-16(2)12(14-9)15-19(17,18)11-5-3-10(13)4-6-11/h3-8,12,15H,13H2,1-2H3. The number of rotatable bonds is 3. The second kappa shape index (κ2) is 5.02. The van der Waals surface area contributed by atoms with Crippen LogP contribution < -0.4 is 10.5 Å². The molecule has 0 fully saturated rings. The number of nitrogens with two attached hydrogens (primary N) is 1. The first-order chi connectivity index (χ1) is 8.88. The number of nitrogens with zero attached hydrogens (tertiary/aromatic N) is 2. The lowest BCUT2D eigenvalue weighted by Gasteiger charge is -2.27. The highest BCUT2D eigenvalue weighted by molar-refractivity contribution is 7.89. The van der Waals surface area contributed by atoms with Gasteiger partial charge in [0.2, 0.25) is 10.0 Å². The molecule has 1 aromatic rings. The molecular formula is C12H16N4O2S. The van der Waals surface area contributed by atoms with Crippen LogP contribution in [0.25, 0.3) is 0 Å². The van der Waals surface area contributed by atoms with Crippen LogP contribution in [0.4, 0.5) is 5.69 Å². The minimum atomic E-state index is -3.62. The van der Waals surface area contributed by atoms with E-state index in [9.17, 15) is 8.42 Å². The molecule has 0 bridgehead atoms. The maximum Gasteiger partial charge on any atom is 0.243 e. The summed E-state index contributed by atoms with van der Waals surface area (Å²) in [4.78, 5) is 6.08. The van der Waals surface area contributed by atoms with Crippen molar-refractivity contribution in [3.05, 3.63) is 36.5 Å². The van der Waals surface area contributed by atoms with Gasteiger partial charge >= 0.3 is 0 Å². The zero-order valence-electron chi connectivity index (χ0n) is 10.7. The van der Waals surface area contributed by atoms with Gasteiger partial charge in [0.1, 0.15) is 0 Å². The number of anilines is 1. The molecule has 0 aromatic heterocycles. The Labute approximate surface area is 112 Å². The van der Waals surface area contributed by atoms with Crippen LogP contribution in [0.5, 0.6) is 0 Å². The van der Waals surface area contributed by atoms with Gasteiger partial charge in [-0.05, 0) is 37.3 Å². The molecule has 3 N–H and O–H groups in total. The molecule has 1 aromatic carbocycles. The van der Waals surface area contributed by atoms with Crippen LogP contribution in [0.15, 0.2) is 46.4 Å². The predicted molar refractivity (Wildman–Crippen MR) is 75.0 cm³/mol. The Morgan fingerprint density at radius 3 is 2.58 bits per heavy atom. The van der Waals surface area contributed by atoms with Gasteiger partial charge in [-0.15, -0.1) is 0 Å². The van der Waals surface area contributed by atoms with Crippen LogP contribution in [0, 0.1) is 0 Å². The molecule has 0 aliphatic carbocycles. The molecule has 2 rings (SSSR count). The Morgan fingerprint density at radius 1 is 1.32 bits per heavy atom. The molecule has 0 spiro atoms. The van der Waals surface area contributed by atoms with Crippen LogP contribution in [0.2, 0.25) is 0 Å². The third-order valence-corrected chi connectivity index (χ3v) is 4.13. The molecule has 1 unspecified atom stereocenters. The van der Waals surface area contributed by atoms with Crippen molar-refractivity contribution in [3.63, 3.8) is 0 Å². The van der Waals surface area contributed by atoms with Gasteiger partial charge in [0.25, 0.3) is 0 Å². The first-order valence-corrected chi connectivity index (χ1v) is 7.19. The van der Waals surface area contributed by atoms with Gasteiger partial charge in [-0.1, -0.05) is 0 Å². The number of hydrogen-bond acceptors (Lipinski definition) is 5. The van der Waals surface area contributed by atoms with Crippen molar-refractivity contribution in [1.82, 2.24) is 9.62 Å². The molecule has 0 radical (unpaired) electrons. The van der Waals surface area contributed by atoms with Crippen molar-refractivity contribution in [2.75, 3.05) is 12.8 Å². The molecule has 7 heteroatoms. The lowest BCUT2D eigenvalue weighted by molar-refractivity contribution is 0.317. The third kappa shape index (κ3) is 3.12. The normalized spacial score (nSPS) is 19.4. The summed E-state index contributed by atoms with van der Waals surface area (Å²) in [6.07, 6.45) is 2.96. The molecule has 1 heterocycles. The zero-order valence-corrected chi connectivity index (χ0v) is 11.6. The van der Waals surface area contributed by atoms with Crippen LogP contribution in [-0.2, 0) is 10.0 Å². The summed E-state index contributed by atoms with van der Waals surface area (Å²) in [6, 6.07) is 6.03. The number of nitrogens with one attached hydrogen (secondary N) is 1. The molecule has 1 aliphatic rings. The summed E-state index contributed by atoms with van der Waals surface area (Å²) < 4.78 is 26.9. The first kappa shape index (κ1) is 13.6. The fourth-order valence-electron chi connectivity index (χ4n) is 1.60. The number of nitrogen functional groups attached to an aromatic ring is 1. The number of allylic oxidation sites excluding steroid dienone is 1. The SMILES string of the molecule is CC1=NC(NS(=O)(=O)c2ccc(N)cc2)N(C)C=C1. The Hall–Kier alpha value is -1.86. The highest BCUT2D eigenvalue weighted by Gasteiger charge is 2.22. The Bertz CT molecular complexity index is 620. The Balaban J connectivity index is 2.22. The second-order valence-electron chi connectivity index (χ2n) is 4.32. The van der Waals surface area contributed by atoms with Gasteiger partial charge in [0.15, 0.2) is 6.29 Å². The van der Waals surface area contributed by atoms with Gasteiger partial charge < -0.3 is 10.6 Å². The number of sulfonamides is 1. The Morgan fingerprint density at radius 2 is 1.95 bits per heavy atom. The van der Waals surface area contributed by atoms with Crippen LogP contribution in [0.3, 0.4) is 0 Å². The third-order valence-electron chi connectivity index (χ3n) is 2.71. The van der Waals surface area contributed by atoms with Crippen molar-refractivity contribution in [2.24, 2.45) is 4.99 Å². The molecule has 0 amide bonds. The van der Waals surface area contributed by atoms with Crippen LogP contribution in [-0.4, -0.2) is 32.4 Å². The lowest BCUT2D eigenvalue weighted by atomic mass is 10.3. The van der Waals surface area contributed by atoms with E-state index in [0.29, 0.717) is 5.69 Å². The summed E-state index contributed by atoms with van der Waals surface area (Å²) in [7, 11) is -1.87. The molecule has 1 atom stereocenters. The van der Waals surface area contributed by atoms with Gasteiger partial charge in [0, 0.05) is 24.6 Å². The van der Waals surface area contributed by atoms with E-state index in [1.54, 1.807) is 30.3 Å². The van der Waals surface area contributed by atoms with Crippen LogP contribution in [0.1, 0.15) is 6.92 Å². The van der Waals surface area contributed by atoms with Crippen molar-refractivity contribution < 1.29 is 8.42 Å². The van der Waals surface area contributed by atoms with Gasteiger partial charge in [-0.3, -0.25) is 0 Å². The number of hydrogen-bond donors (Lipinski definition) is 2. The van der Waals surface area contributed by atoms with E-state index in [4.69, 9.17) is 5.73 Å². The summed E-state index contributed by atoms with van der Waals surface area (Å²) in [5.74, 6) is 0. The summed E-state index contributed by atoms with van der Waals surface area (Å²) >= 11 is 0. The van der Waals surface area contributed by atoms with Crippen molar-refractivity contribution in [3.8, 4) is 0 Å². The topological polar surface area (TPSA) is 87.8 Å². The molecule has 0 saturated carbocycles.